The molecule has 3 fully saturated rings. The Labute approximate surface area is 190 Å². The molecule has 2 amide bonds. The predicted molar refractivity (Wildman–Crippen MR) is 118 cm³/mol. The van der Waals surface area contributed by atoms with Crippen molar-refractivity contribution in [2.45, 2.75) is 63.8 Å². The topological polar surface area (TPSA) is 96.4 Å². The normalized spacial score (nSPS) is 35.2. The number of esters is 1. The number of carbonyl (C=O) groups excluding carboxylic acids is 3. The minimum atomic E-state index is -1.11. The van der Waals surface area contributed by atoms with Gasteiger partial charge in [-0.1, -0.05) is 25.7 Å². The van der Waals surface area contributed by atoms with Gasteiger partial charge in [0.25, 0.3) is 0 Å². The van der Waals surface area contributed by atoms with Crippen LogP contribution in [0.25, 0.3) is 0 Å². The highest BCUT2D eigenvalue weighted by Crippen LogP contribution is 2.65. The molecule has 0 aromatic carbocycles. The van der Waals surface area contributed by atoms with Crippen molar-refractivity contribution in [2.75, 3.05) is 26.3 Å². The van der Waals surface area contributed by atoms with Crippen LogP contribution in [0.2, 0.25) is 0 Å². The second kappa shape index (κ2) is 8.98. The third kappa shape index (κ3) is 3.48. The molecular formula is C24H36N2O6. The summed E-state index contributed by atoms with van der Waals surface area (Å²) in [5.41, 5.74) is -2.01. The Balaban J connectivity index is 2.09. The lowest BCUT2D eigenvalue weighted by atomic mass is 9.62. The minimum absolute atomic E-state index is 0.0464. The quantitative estimate of drug-likeness (QED) is 0.402. The second-order valence-corrected chi connectivity index (χ2v) is 9.60. The Morgan fingerprint density at radius 3 is 2.62 bits per heavy atom. The summed E-state index contributed by atoms with van der Waals surface area (Å²) in [6.45, 7) is 15.5. The number of hydrogen-bond acceptors (Lipinski definition) is 6. The first-order chi connectivity index (χ1) is 15.1. The smallest absolute Gasteiger partial charge is 0.313 e. The SMILES string of the molecule is C=CCOC(=O)[C@H]1[C@H]2C(=O)N(CCCO)C(C(=O)N(CC=C)C(C)C)C23CC(C)[C@]1(C)O3. The molecule has 32 heavy (non-hydrogen) atoms. The van der Waals surface area contributed by atoms with Gasteiger partial charge < -0.3 is 24.4 Å². The van der Waals surface area contributed by atoms with Gasteiger partial charge in [0.1, 0.15) is 24.2 Å². The van der Waals surface area contributed by atoms with E-state index in [1.165, 1.54) is 11.0 Å². The molecule has 0 aromatic rings. The van der Waals surface area contributed by atoms with Crippen molar-refractivity contribution in [3.05, 3.63) is 25.3 Å². The van der Waals surface area contributed by atoms with Crippen molar-refractivity contribution in [2.24, 2.45) is 17.8 Å². The van der Waals surface area contributed by atoms with Crippen molar-refractivity contribution in [3.63, 3.8) is 0 Å². The maximum Gasteiger partial charge on any atom is 0.313 e. The van der Waals surface area contributed by atoms with Gasteiger partial charge in [-0.15, -0.1) is 6.58 Å². The molecule has 8 nitrogen and oxygen atoms in total. The van der Waals surface area contributed by atoms with Crippen molar-refractivity contribution < 1.29 is 29.0 Å². The summed E-state index contributed by atoms with van der Waals surface area (Å²) in [5, 5.41) is 9.41. The van der Waals surface area contributed by atoms with Crippen molar-refractivity contribution in [1.29, 1.82) is 0 Å². The number of fused-ring (bicyclic) bond motifs is 1. The summed E-state index contributed by atoms with van der Waals surface area (Å²) in [6, 6.07) is -0.971. The molecule has 6 atom stereocenters. The van der Waals surface area contributed by atoms with Gasteiger partial charge in [0.15, 0.2) is 0 Å². The molecule has 3 aliphatic heterocycles. The van der Waals surface area contributed by atoms with E-state index in [4.69, 9.17) is 9.47 Å². The van der Waals surface area contributed by atoms with Crippen LogP contribution in [0.1, 0.15) is 40.5 Å². The van der Waals surface area contributed by atoms with E-state index in [0.717, 1.165) is 0 Å². The van der Waals surface area contributed by atoms with Crippen LogP contribution in [-0.4, -0.2) is 82.3 Å². The summed E-state index contributed by atoms with van der Waals surface area (Å²) < 4.78 is 12.0. The average Bonchev–Trinajstić information content (AvgIpc) is 3.25. The van der Waals surface area contributed by atoms with Gasteiger partial charge in [0.2, 0.25) is 11.8 Å². The molecule has 0 aromatic heterocycles. The first-order valence-corrected chi connectivity index (χ1v) is 11.4. The van der Waals surface area contributed by atoms with Gasteiger partial charge >= 0.3 is 5.97 Å². The molecule has 8 heteroatoms. The number of aliphatic hydroxyl groups excluding tert-OH is 1. The van der Waals surface area contributed by atoms with Gasteiger partial charge in [-0.2, -0.15) is 0 Å². The van der Waals surface area contributed by atoms with Crippen LogP contribution >= 0.6 is 0 Å². The van der Waals surface area contributed by atoms with E-state index < -0.39 is 35.0 Å². The monoisotopic (exact) mass is 448 g/mol. The first kappa shape index (κ1) is 24.5. The highest BCUT2D eigenvalue weighted by Gasteiger charge is 2.80. The molecular weight excluding hydrogens is 412 g/mol. The van der Waals surface area contributed by atoms with Crippen LogP contribution in [0, 0.1) is 17.8 Å². The lowest BCUT2D eigenvalue weighted by molar-refractivity contribution is -0.161. The van der Waals surface area contributed by atoms with E-state index in [1.54, 1.807) is 11.0 Å². The van der Waals surface area contributed by atoms with Crippen molar-refractivity contribution in [3.8, 4) is 0 Å². The molecule has 1 spiro atoms. The predicted octanol–water partition coefficient (Wildman–Crippen LogP) is 1.53. The largest absolute Gasteiger partial charge is 0.461 e. The fraction of sp³-hybridized carbons (Fsp3) is 0.708. The zero-order chi connectivity index (χ0) is 23.8. The highest BCUT2D eigenvalue weighted by molar-refractivity contribution is 5.98. The third-order valence-electron chi connectivity index (χ3n) is 7.44. The molecule has 3 unspecified atom stereocenters. The maximum atomic E-state index is 13.9. The van der Waals surface area contributed by atoms with Gasteiger partial charge in [-0.05, 0) is 39.5 Å². The number of carbonyl (C=O) groups is 3. The van der Waals surface area contributed by atoms with E-state index in [1.807, 2.05) is 27.7 Å². The van der Waals surface area contributed by atoms with Crippen LogP contribution in [0.3, 0.4) is 0 Å². The van der Waals surface area contributed by atoms with Crippen LogP contribution < -0.4 is 0 Å². The molecule has 3 rings (SSSR count). The standard InChI is InChI=1S/C24H36N2O6/c1-7-10-25(15(3)4)21(29)19-24-14-16(5)23(6,32-24)18(22(30)31-13-8-2)17(24)20(28)26(19)11-9-12-27/h7-8,15-19,27H,1-2,9-14H2,3-6H3/t16?,17-,18+,19?,23-,24?/m0/s1. The Morgan fingerprint density at radius 1 is 1.38 bits per heavy atom. The first-order valence-electron chi connectivity index (χ1n) is 11.4. The number of ether oxygens (including phenoxy) is 2. The third-order valence-corrected chi connectivity index (χ3v) is 7.44. The number of amides is 2. The molecule has 3 aliphatic rings. The molecule has 1 N–H and O–H groups in total. The van der Waals surface area contributed by atoms with Crippen LogP contribution in [-0.2, 0) is 23.9 Å². The fourth-order valence-corrected chi connectivity index (χ4v) is 5.94. The Morgan fingerprint density at radius 2 is 2.06 bits per heavy atom. The zero-order valence-corrected chi connectivity index (χ0v) is 19.6. The minimum Gasteiger partial charge on any atom is -0.461 e. The molecule has 2 bridgehead atoms. The maximum absolute atomic E-state index is 13.9. The van der Waals surface area contributed by atoms with E-state index in [0.29, 0.717) is 19.4 Å². The number of hydrogen-bond donors (Lipinski definition) is 1. The van der Waals surface area contributed by atoms with E-state index in [9.17, 15) is 19.5 Å². The number of likely N-dealkylation sites (tertiary alicyclic amines) is 1. The number of nitrogens with zero attached hydrogens (tertiary/aromatic N) is 2. The summed E-state index contributed by atoms with van der Waals surface area (Å²) in [4.78, 5) is 43.9. The van der Waals surface area contributed by atoms with Gasteiger partial charge in [0, 0.05) is 25.7 Å². The molecule has 0 saturated carbocycles. The van der Waals surface area contributed by atoms with E-state index in [2.05, 4.69) is 13.2 Å². The highest BCUT2D eigenvalue weighted by atomic mass is 16.6. The van der Waals surface area contributed by atoms with Crippen LogP contribution in [0.5, 0.6) is 0 Å². The van der Waals surface area contributed by atoms with E-state index >= 15 is 0 Å². The lowest BCUT2D eigenvalue weighted by Crippen LogP contribution is -2.57. The molecule has 0 radical (unpaired) electrons. The average molecular weight is 449 g/mol. The summed E-state index contributed by atoms with van der Waals surface area (Å²) in [6.07, 6.45) is 3.98. The van der Waals surface area contributed by atoms with Gasteiger partial charge in [0.05, 0.1) is 11.5 Å². The summed E-state index contributed by atoms with van der Waals surface area (Å²) in [7, 11) is 0. The Kier molecular flexibility index (Phi) is 6.86. The summed E-state index contributed by atoms with van der Waals surface area (Å²) >= 11 is 0. The Hall–Kier alpha value is -2.19. The molecule has 3 heterocycles. The number of aliphatic hydroxyl groups is 1. The van der Waals surface area contributed by atoms with Gasteiger partial charge in [-0.25, -0.2) is 0 Å². The van der Waals surface area contributed by atoms with Crippen LogP contribution in [0.4, 0.5) is 0 Å². The summed E-state index contributed by atoms with van der Waals surface area (Å²) in [5.74, 6) is -2.65. The second-order valence-electron chi connectivity index (χ2n) is 9.60. The Bertz CT molecular complexity index is 797. The van der Waals surface area contributed by atoms with E-state index in [-0.39, 0.29) is 43.5 Å². The van der Waals surface area contributed by atoms with Crippen molar-refractivity contribution >= 4 is 17.8 Å². The molecule has 3 saturated heterocycles. The lowest BCUT2D eigenvalue weighted by Gasteiger charge is -2.38. The number of rotatable bonds is 10. The molecule has 0 aliphatic carbocycles. The molecule has 178 valence electrons. The van der Waals surface area contributed by atoms with Crippen molar-refractivity contribution in [1.82, 2.24) is 9.80 Å². The zero-order valence-electron chi connectivity index (χ0n) is 19.6. The van der Waals surface area contributed by atoms with Gasteiger partial charge in [-0.3, -0.25) is 14.4 Å². The fourth-order valence-electron chi connectivity index (χ4n) is 5.94. The van der Waals surface area contributed by atoms with Crippen LogP contribution in [0.15, 0.2) is 25.3 Å².